The number of aryl methyl sites for hydroxylation is 6. The van der Waals surface area contributed by atoms with Crippen molar-refractivity contribution in [3.8, 4) is 5.69 Å². The maximum Gasteiger partial charge on any atom is 0.0542 e. The first kappa shape index (κ1) is 46.4. The summed E-state index contributed by atoms with van der Waals surface area (Å²) in [5.41, 5.74) is 24.4. The van der Waals surface area contributed by atoms with Crippen molar-refractivity contribution in [2.75, 3.05) is 9.80 Å². The molecule has 1 aromatic heterocycles. The number of anilines is 6. The van der Waals surface area contributed by atoms with Gasteiger partial charge in [0.1, 0.15) is 0 Å². The quantitative estimate of drug-likeness (QED) is 0.0956. The van der Waals surface area contributed by atoms with Gasteiger partial charge in [0.15, 0.2) is 0 Å². The maximum absolute atomic E-state index is 4.06. The van der Waals surface area contributed by atoms with E-state index in [1.54, 1.807) is 11.1 Å². The molecule has 0 saturated heterocycles. The second-order valence-corrected chi connectivity index (χ2v) is 23.7. The van der Waals surface area contributed by atoms with E-state index in [-0.39, 0.29) is 10.8 Å². The fourth-order valence-corrected chi connectivity index (χ4v) is 15.4. The molecule has 2 unspecified atom stereocenters. The number of benzene rings is 8. The molecule has 4 saturated carbocycles. The van der Waals surface area contributed by atoms with Gasteiger partial charge in [0, 0.05) is 50.6 Å². The van der Waals surface area contributed by atoms with E-state index in [1.807, 2.05) is 6.08 Å². The van der Waals surface area contributed by atoms with Gasteiger partial charge in [-0.3, -0.25) is 0 Å². The Morgan fingerprint density at radius 2 is 0.880 bits per heavy atom. The van der Waals surface area contributed by atoms with Crippen molar-refractivity contribution in [1.29, 1.82) is 0 Å². The molecule has 3 heteroatoms. The lowest BCUT2D eigenvalue weighted by Crippen LogP contribution is -2.55. The first-order valence-corrected chi connectivity index (χ1v) is 28.8. The smallest absolute Gasteiger partial charge is 0.0542 e. The van der Waals surface area contributed by atoms with Gasteiger partial charge >= 0.3 is 0 Å². The van der Waals surface area contributed by atoms with Crippen LogP contribution in [0.15, 0.2) is 176 Å². The van der Waals surface area contributed by atoms with Crippen molar-refractivity contribution in [2.45, 2.75) is 127 Å². The molecule has 0 aliphatic heterocycles. The van der Waals surface area contributed by atoms with Gasteiger partial charge in [0.25, 0.3) is 0 Å². The monoisotopic (exact) mass is 978 g/mol. The van der Waals surface area contributed by atoms with Crippen LogP contribution in [0, 0.1) is 11.8 Å². The molecule has 0 N–H and O–H groups in total. The number of hydrogen-bond acceptors (Lipinski definition) is 2. The number of fused-ring (bicyclic) bond motifs is 5. The zero-order chi connectivity index (χ0) is 50.3. The van der Waals surface area contributed by atoms with E-state index in [2.05, 4.69) is 205 Å². The Bertz CT molecular complexity index is 3430. The molecular formula is C72H71N3. The Balaban J connectivity index is 0.914. The van der Waals surface area contributed by atoms with Crippen LogP contribution in [0.5, 0.6) is 0 Å². The first-order valence-electron chi connectivity index (χ1n) is 28.8. The van der Waals surface area contributed by atoms with Gasteiger partial charge in [-0.15, -0.1) is 0 Å². The minimum Gasteiger partial charge on any atom is -0.310 e. The lowest BCUT2D eigenvalue weighted by Gasteiger charge is -2.63. The maximum atomic E-state index is 4.06. The molecule has 0 spiro atoms. The fourth-order valence-electron chi connectivity index (χ4n) is 15.4. The summed E-state index contributed by atoms with van der Waals surface area (Å²) >= 11 is 0. The standard InChI is InChI=1S/C72H71N3/c1-4-7-9-50-13-27-60(28-14-50)73(63-31-21-54-17-19-56(54)40-63)65-35-37-69-67(42-65)68-43-66(74(64-32-22-55-18-20-57(55)41-64)61-29-15-51(16-30-61)10-8-5-2)36-38-70(68)75(69)62-33-25-59(26-34-62)72-46-52-39-53(47-72)45-71(44-52,48-72)58-23-11-49(6-3)12-24-58/h6,11-16,21-38,40-43,52-53H,3-5,7-10,17-20,39,44-48H2,1-2H3. The first-order chi connectivity index (χ1) is 36.9. The highest BCUT2D eigenvalue weighted by atomic mass is 15.2. The molecule has 0 radical (unpaired) electrons. The third-order valence-corrected chi connectivity index (χ3v) is 19.1. The molecule has 15 rings (SSSR count). The second kappa shape index (κ2) is 18.6. The SMILES string of the molecule is C=Cc1ccc(C23CC4CC(C2)CC(c2ccc(-n5c6ccc(N(c7ccc(CCCC)cc7)c7ccc8c(c7)CC8)cc6c6cc(N(c7ccc(CCCC)cc7)c7ccc8c(c7)CC8)ccc65)cc2)(C4)C3)cc1. The summed E-state index contributed by atoms with van der Waals surface area (Å²) in [6, 6.07) is 67.1. The van der Waals surface area contributed by atoms with E-state index in [9.17, 15) is 0 Å². The van der Waals surface area contributed by atoms with Gasteiger partial charge in [-0.05, 0) is 260 Å². The topological polar surface area (TPSA) is 11.4 Å². The van der Waals surface area contributed by atoms with Crippen LogP contribution in [0.2, 0.25) is 0 Å². The number of hydrogen-bond donors (Lipinski definition) is 0. The minimum absolute atomic E-state index is 0.219. The summed E-state index contributed by atoms with van der Waals surface area (Å²) in [4.78, 5) is 5.01. The van der Waals surface area contributed by atoms with Crippen molar-refractivity contribution in [3.05, 3.63) is 227 Å². The van der Waals surface area contributed by atoms with Gasteiger partial charge in [0.2, 0.25) is 0 Å². The summed E-state index contributed by atoms with van der Waals surface area (Å²) in [6.07, 6.45) is 21.7. The Morgan fingerprint density at radius 3 is 1.29 bits per heavy atom. The normalized spacial score (nSPS) is 20.9. The van der Waals surface area contributed by atoms with Gasteiger partial charge in [-0.1, -0.05) is 112 Å². The molecule has 0 amide bonds. The van der Waals surface area contributed by atoms with E-state index in [4.69, 9.17) is 0 Å². The summed E-state index contributed by atoms with van der Waals surface area (Å²) < 4.78 is 2.56. The third kappa shape index (κ3) is 8.07. The summed E-state index contributed by atoms with van der Waals surface area (Å²) in [7, 11) is 0. The van der Waals surface area contributed by atoms with Crippen LogP contribution >= 0.6 is 0 Å². The Morgan fingerprint density at radius 1 is 0.467 bits per heavy atom. The van der Waals surface area contributed by atoms with E-state index >= 15 is 0 Å². The van der Waals surface area contributed by atoms with Crippen molar-refractivity contribution >= 4 is 62.0 Å². The predicted octanol–water partition coefficient (Wildman–Crippen LogP) is 19.0. The average molecular weight is 978 g/mol. The molecule has 8 aromatic carbocycles. The summed E-state index contributed by atoms with van der Waals surface area (Å²) in [5.74, 6) is 1.59. The summed E-state index contributed by atoms with van der Waals surface area (Å²) in [5, 5.41) is 2.53. The molecule has 2 atom stereocenters. The van der Waals surface area contributed by atoms with Crippen LogP contribution in [0.25, 0.3) is 33.6 Å². The van der Waals surface area contributed by atoms with E-state index in [0.717, 1.165) is 37.5 Å². The van der Waals surface area contributed by atoms with E-state index < -0.39 is 0 Å². The van der Waals surface area contributed by atoms with Crippen LogP contribution < -0.4 is 9.80 Å². The number of aromatic nitrogens is 1. The van der Waals surface area contributed by atoms with Crippen molar-refractivity contribution < 1.29 is 0 Å². The van der Waals surface area contributed by atoms with Crippen LogP contribution in [-0.2, 0) is 49.4 Å². The van der Waals surface area contributed by atoms with E-state index in [1.165, 1.54) is 178 Å². The lowest BCUT2D eigenvalue weighted by atomic mass is 9.42. The van der Waals surface area contributed by atoms with E-state index in [0.29, 0.717) is 0 Å². The second-order valence-electron chi connectivity index (χ2n) is 23.7. The molecule has 1 heterocycles. The van der Waals surface area contributed by atoms with Gasteiger partial charge in [0.05, 0.1) is 11.0 Å². The molecule has 9 aromatic rings. The zero-order valence-electron chi connectivity index (χ0n) is 44.3. The minimum atomic E-state index is 0.219. The predicted molar refractivity (Wildman–Crippen MR) is 317 cm³/mol. The highest BCUT2D eigenvalue weighted by Crippen LogP contribution is 2.66. The highest BCUT2D eigenvalue weighted by molar-refractivity contribution is 6.12. The van der Waals surface area contributed by atoms with Crippen LogP contribution in [0.4, 0.5) is 34.1 Å². The van der Waals surface area contributed by atoms with Gasteiger partial charge in [-0.25, -0.2) is 0 Å². The Hall–Kier alpha value is -7.10. The summed E-state index contributed by atoms with van der Waals surface area (Å²) in [6.45, 7) is 8.62. The zero-order valence-corrected chi connectivity index (χ0v) is 44.3. The number of unbranched alkanes of at least 4 members (excludes halogenated alkanes) is 2. The van der Waals surface area contributed by atoms with Crippen molar-refractivity contribution in [3.63, 3.8) is 0 Å². The van der Waals surface area contributed by atoms with Crippen molar-refractivity contribution in [1.82, 2.24) is 4.57 Å². The van der Waals surface area contributed by atoms with Crippen LogP contribution in [0.1, 0.15) is 128 Å². The largest absolute Gasteiger partial charge is 0.310 e. The Kier molecular flexibility index (Phi) is 11.5. The molecule has 6 aliphatic rings. The molecule has 4 fully saturated rings. The molecule has 6 aliphatic carbocycles. The van der Waals surface area contributed by atoms with Gasteiger partial charge in [-0.2, -0.15) is 0 Å². The Labute approximate surface area is 445 Å². The molecule has 75 heavy (non-hydrogen) atoms. The van der Waals surface area contributed by atoms with Crippen LogP contribution in [-0.4, -0.2) is 4.57 Å². The lowest BCUT2D eigenvalue weighted by molar-refractivity contribution is -0.0281. The molecule has 4 bridgehead atoms. The third-order valence-electron chi connectivity index (χ3n) is 19.1. The van der Waals surface area contributed by atoms with Crippen molar-refractivity contribution in [2.24, 2.45) is 11.8 Å². The molecule has 3 nitrogen and oxygen atoms in total. The van der Waals surface area contributed by atoms with Gasteiger partial charge < -0.3 is 14.4 Å². The fraction of sp³-hybridized carbons (Fsp3) is 0.306. The highest BCUT2D eigenvalue weighted by Gasteiger charge is 2.58. The van der Waals surface area contributed by atoms with Crippen LogP contribution in [0.3, 0.4) is 0 Å². The number of rotatable bonds is 16. The number of nitrogens with zero attached hydrogens (tertiary/aromatic N) is 3. The average Bonchev–Trinajstić information content (AvgIpc) is 3.79. The molecular weight excluding hydrogens is 907 g/mol. The molecule has 374 valence electrons.